The number of carbonyl (C=O) groups is 2. The summed E-state index contributed by atoms with van der Waals surface area (Å²) in [5.41, 5.74) is 7.08. The van der Waals surface area contributed by atoms with E-state index in [0.29, 0.717) is 26.1 Å². The largest absolute Gasteiger partial charge is 0.465 e. The zero-order chi connectivity index (χ0) is 21.7. The summed E-state index contributed by atoms with van der Waals surface area (Å²) in [6.45, 7) is 5.77. The van der Waals surface area contributed by atoms with E-state index in [2.05, 4.69) is 28.2 Å². The molecule has 31 heavy (non-hydrogen) atoms. The van der Waals surface area contributed by atoms with Gasteiger partial charge in [-0.2, -0.15) is 0 Å². The first-order valence-corrected chi connectivity index (χ1v) is 10.8. The first-order valence-electron chi connectivity index (χ1n) is 10.8. The van der Waals surface area contributed by atoms with E-state index in [0.717, 1.165) is 57.3 Å². The van der Waals surface area contributed by atoms with Crippen molar-refractivity contribution in [2.75, 3.05) is 13.1 Å². The summed E-state index contributed by atoms with van der Waals surface area (Å²) in [6.07, 6.45) is 4.91. The van der Waals surface area contributed by atoms with Crippen LogP contribution < -0.4 is 0 Å². The molecule has 2 aliphatic heterocycles. The minimum absolute atomic E-state index is 0.120. The maximum atomic E-state index is 12.6. The van der Waals surface area contributed by atoms with Crippen LogP contribution in [-0.4, -0.2) is 50.0 Å². The average Bonchev–Trinajstić information content (AvgIpc) is 3.39. The lowest BCUT2D eigenvalue weighted by Crippen LogP contribution is -2.37. The number of carbonyl (C=O) groups excluding carboxylic acids is 1. The minimum Gasteiger partial charge on any atom is -0.465 e. The van der Waals surface area contributed by atoms with E-state index in [9.17, 15) is 14.7 Å². The van der Waals surface area contributed by atoms with Crippen LogP contribution in [0.4, 0.5) is 4.79 Å². The van der Waals surface area contributed by atoms with Gasteiger partial charge >= 0.3 is 6.09 Å². The summed E-state index contributed by atoms with van der Waals surface area (Å²) in [7, 11) is 0. The lowest BCUT2D eigenvalue weighted by molar-refractivity contribution is -0.131. The van der Waals surface area contributed by atoms with Crippen molar-refractivity contribution in [3.8, 4) is 11.1 Å². The number of rotatable bonds is 3. The molecule has 160 valence electrons. The molecule has 1 unspecified atom stereocenters. The first kappa shape index (κ1) is 19.6. The fourth-order valence-electron chi connectivity index (χ4n) is 5.02. The molecule has 0 spiro atoms. The van der Waals surface area contributed by atoms with Crippen LogP contribution in [0.5, 0.6) is 0 Å². The number of amides is 2. The van der Waals surface area contributed by atoms with Crippen molar-refractivity contribution in [3.05, 3.63) is 52.8 Å². The molecule has 1 atom stereocenters. The molecule has 1 saturated heterocycles. The highest BCUT2D eigenvalue weighted by Gasteiger charge is 2.34. The van der Waals surface area contributed by atoms with Crippen molar-refractivity contribution in [2.45, 2.75) is 45.7 Å². The number of aromatic amines is 1. The summed E-state index contributed by atoms with van der Waals surface area (Å²) in [5, 5.41) is 10.8. The summed E-state index contributed by atoms with van der Waals surface area (Å²) in [4.78, 5) is 35.6. The van der Waals surface area contributed by atoms with Gasteiger partial charge in [-0.05, 0) is 66.6 Å². The van der Waals surface area contributed by atoms with Gasteiger partial charge in [-0.25, -0.2) is 9.78 Å². The highest BCUT2D eigenvalue weighted by molar-refractivity contribution is 5.86. The van der Waals surface area contributed by atoms with Crippen molar-refractivity contribution in [1.82, 2.24) is 19.8 Å². The second kappa shape index (κ2) is 7.41. The van der Waals surface area contributed by atoms with Crippen LogP contribution in [0.2, 0.25) is 0 Å². The van der Waals surface area contributed by atoms with Crippen LogP contribution in [0.15, 0.2) is 30.6 Å². The maximum absolute atomic E-state index is 12.6. The summed E-state index contributed by atoms with van der Waals surface area (Å²) < 4.78 is 0. The number of nitrogens with one attached hydrogen (secondary N) is 1. The van der Waals surface area contributed by atoms with E-state index < -0.39 is 6.09 Å². The standard InChI is InChI=1S/C24H26N4O3/c1-3-27-13-20-16(10-22(27)29)7-15(8-19(20)21-5-4-6-28(21)24(30)31)17-9-18-14(2)11-25-23(18)26-12-17/h7-9,11-12,21H,3-6,10,13H2,1-2H3,(H,25,26)(H,30,31). The van der Waals surface area contributed by atoms with E-state index in [4.69, 9.17) is 0 Å². The highest BCUT2D eigenvalue weighted by atomic mass is 16.4. The van der Waals surface area contributed by atoms with E-state index in [-0.39, 0.29) is 11.9 Å². The predicted octanol–water partition coefficient (Wildman–Crippen LogP) is 4.26. The minimum atomic E-state index is -0.882. The number of carboxylic acid groups (broad SMARTS) is 1. The van der Waals surface area contributed by atoms with Crippen LogP contribution in [0.1, 0.15) is 48.1 Å². The zero-order valence-corrected chi connectivity index (χ0v) is 17.8. The topological polar surface area (TPSA) is 89.5 Å². The van der Waals surface area contributed by atoms with Gasteiger partial charge in [-0.1, -0.05) is 6.07 Å². The lowest BCUT2D eigenvalue weighted by atomic mass is 9.86. The highest BCUT2D eigenvalue weighted by Crippen LogP contribution is 2.40. The molecular weight excluding hydrogens is 392 g/mol. The number of pyridine rings is 1. The van der Waals surface area contributed by atoms with E-state index in [1.54, 1.807) is 4.90 Å². The maximum Gasteiger partial charge on any atom is 0.407 e. The Morgan fingerprint density at radius 3 is 2.90 bits per heavy atom. The molecule has 0 radical (unpaired) electrons. The molecule has 2 aliphatic rings. The third kappa shape index (κ3) is 3.24. The number of likely N-dealkylation sites (N-methyl/N-ethyl adjacent to an activating group) is 1. The molecule has 5 rings (SSSR count). The molecule has 7 nitrogen and oxygen atoms in total. The summed E-state index contributed by atoms with van der Waals surface area (Å²) in [5.74, 6) is 0.120. The van der Waals surface area contributed by atoms with Gasteiger partial charge in [-0.3, -0.25) is 4.79 Å². The number of benzene rings is 1. The molecule has 0 saturated carbocycles. The van der Waals surface area contributed by atoms with E-state index >= 15 is 0 Å². The lowest BCUT2D eigenvalue weighted by Gasteiger charge is -2.33. The fraction of sp³-hybridized carbons (Fsp3) is 0.375. The molecule has 2 aromatic heterocycles. The van der Waals surface area contributed by atoms with Gasteiger partial charge in [-0.15, -0.1) is 0 Å². The van der Waals surface area contributed by atoms with Crippen molar-refractivity contribution in [3.63, 3.8) is 0 Å². The van der Waals surface area contributed by atoms with Crippen molar-refractivity contribution in [1.29, 1.82) is 0 Å². The monoisotopic (exact) mass is 418 g/mol. The van der Waals surface area contributed by atoms with Crippen molar-refractivity contribution >= 4 is 23.0 Å². The molecular formula is C24H26N4O3. The Bertz CT molecular complexity index is 1200. The van der Waals surface area contributed by atoms with Gasteiger partial charge in [0.1, 0.15) is 5.65 Å². The van der Waals surface area contributed by atoms with Crippen molar-refractivity contribution < 1.29 is 14.7 Å². The van der Waals surface area contributed by atoms with Gasteiger partial charge in [0.2, 0.25) is 5.91 Å². The quantitative estimate of drug-likeness (QED) is 0.665. The second-order valence-corrected chi connectivity index (χ2v) is 8.51. The van der Waals surface area contributed by atoms with Crippen molar-refractivity contribution in [2.24, 2.45) is 0 Å². The Labute approximate surface area is 180 Å². The molecule has 0 bridgehead atoms. The Kier molecular flexibility index (Phi) is 4.68. The third-order valence-electron chi connectivity index (χ3n) is 6.73. The zero-order valence-electron chi connectivity index (χ0n) is 17.8. The van der Waals surface area contributed by atoms with E-state index in [1.165, 1.54) is 0 Å². The number of hydrogen-bond acceptors (Lipinski definition) is 3. The Morgan fingerprint density at radius 1 is 1.29 bits per heavy atom. The van der Waals surface area contributed by atoms with E-state index in [1.807, 2.05) is 31.1 Å². The number of fused-ring (bicyclic) bond motifs is 2. The van der Waals surface area contributed by atoms with Crippen LogP contribution >= 0.6 is 0 Å². The van der Waals surface area contributed by atoms with Crippen LogP contribution in [0.25, 0.3) is 22.2 Å². The molecule has 2 amide bonds. The average molecular weight is 418 g/mol. The molecule has 1 fully saturated rings. The van der Waals surface area contributed by atoms with Gasteiger partial charge in [0, 0.05) is 43.0 Å². The van der Waals surface area contributed by atoms with Crippen LogP contribution in [0.3, 0.4) is 0 Å². The molecule has 1 aromatic carbocycles. The Hall–Kier alpha value is -3.35. The Balaban J connectivity index is 1.68. The molecule has 0 aliphatic carbocycles. The third-order valence-corrected chi connectivity index (χ3v) is 6.73. The van der Waals surface area contributed by atoms with Crippen LogP contribution in [-0.2, 0) is 17.8 Å². The molecule has 7 heteroatoms. The number of hydrogen-bond donors (Lipinski definition) is 2. The second-order valence-electron chi connectivity index (χ2n) is 8.51. The summed E-state index contributed by atoms with van der Waals surface area (Å²) >= 11 is 0. The number of aromatic nitrogens is 2. The smallest absolute Gasteiger partial charge is 0.407 e. The molecule has 4 heterocycles. The van der Waals surface area contributed by atoms with Gasteiger partial charge in [0.25, 0.3) is 0 Å². The van der Waals surface area contributed by atoms with Gasteiger partial charge in [0.15, 0.2) is 0 Å². The Morgan fingerprint density at radius 2 is 2.13 bits per heavy atom. The van der Waals surface area contributed by atoms with Crippen LogP contribution in [0, 0.1) is 6.92 Å². The molecule has 3 aromatic rings. The first-order chi connectivity index (χ1) is 15.0. The number of nitrogens with zero attached hydrogens (tertiary/aromatic N) is 3. The SMILES string of the molecule is CCN1Cc2c(cc(-c3cnc4[nH]cc(C)c4c3)cc2C2CCCN2C(=O)O)CC1=O. The number of H-pyrrole nitrogens is 1. The van der Waals surface area contributed by atoms with Gasteiger partial charge < -0.3 is 19.9 Å². The predicted molar refractivity (Wildman–Crippen MR) is 118 cm³/mol. The van der Waals surface area contributed by atoms with Gasteiger partial charge in [0.05, 0.1) is 12.5 Å². The number of aryl methyl sites for hydroxylation is 1. The fourth-order valence-corrected chi connectivity index (χ4v) is 5.02. The normalized spacial score (nSPS) is 18.6. The number of likely N-dealkylation sites (tertiary alicyclic amines) is 1. The molecule has 2 N–H and O–H groups in total. The summed E-state index contributed by atoms with van der Waals surface area (Å²) in [6, 6.07) is 6.16.